The van der Waals surface area contributed by atoms with E-state index in [0.29, 0.717) is 22.7 Å². The minimum atomic E-state index is 0. The summed E-state index contributed by atoms with van der Waals surface area (Å²) in [5, 5.41) is 7.97. The second-order valence-corrected chi connectivity index (χ2v) is 4.96. The van der Waals surface area contributed by atoms with Crippen molar-refractivity contribution in [3.8, 4) is 11.4 Å². The summed E-state index contributed by atoms with van der Waals surface area (Å²) in [7, 11) is 0. The summed E-state index contributed by atoms with van der Waals surface area (Å²) in [5.74, 6) is 1.87. The number of benzene rings is 1. The lowest BCUT2D eigenvalue weighted by atomic mass is 10.1. The number of nitrogens with zero attached hydrogens (tertiary/aromatic N) is 2. The van der Waals surface area contributed by atoms with Gasteiger partial charge in [-0.25, -0.2) is 0 Å². The summed E-state index contributed by atoms with van der Waals surface area (Å²) in [6.45, 7) is 2.11. The maximum absolute atomic E-state index is 6.11. The van der Waals surface area contributed by atoms with Gasteiger partial charge in [0.15, 0.2) is 0 Å². The van der Waals surface area contributed by atoms with E-state index in [2.05, 4.69) is 15.5 Å². The van der Waals surface area contributed by atoms with Crippen molar-refractivity contribution >= 4 is 24.0 Å². The number of hydrogen-bond acceptors (Lipinski definition) is 4. The molecule has 1 unspecified atom stereocenters. The minimum Gasteiger partial charge on any atom is -0.339 e. The number of nitrogens with one attached hydrogen (secondary N) is 1. The van der Waals surface area contributed by atoms with Crippen molar-refractivity contribution in [2.75, 3.05) is 13.1 Å². The lowest BCUT2D eigenvalue weighted by Gasteiger charge is -2.01. The molecule has 3 rings (SSSR count). The predicted molar refractivity (Wildman–Crippen MR) is 76.7 cm³/mol. The molecule has 0 spiro atoms. The van der Waals surface area contributed by atoms with Crippen molar-refractivity contribution in [2.45, 2.75) is 12.8 Å². The Balaban J connectivity index is 0.00000133. The first-order chi connectivity index (χ1) is 8.83. The minimum absolute atomic E-state index is 0. The highest BCUT2D eigenvalue weighted by molar-refractivity contribution is 6.33. The summed E-state index contributed by atoms with van der Waals surface area (Å²) < 4.78 is 5.29. The van der Waals surface area contributed by atoms with Gasteiger partial charge in [-0.3, -0.25) is 0 Å². The molecule has 19 heavy (non-hydrogen) atoms. The Morgan fingerprint density at radius 1 is 1.37 bits per heavy atom. The van der Waals surface area contributed by atoms with E-state index in [4.69, 9.17) is 16.1 Å². The van der Waals surface area contributed by atoms with E-state index < -0.39 is 0 Å². The molecule has 6 heteroatoms. The molecule has 1 saturated heterocycles. The quantitative estimate of drug-likeness (QED) is 0.947. The van der Waals surface area contributed by atoms with Crippen molar-refractivity contribution in [1.82, 2.24) is 15.5 Å². The number of halogens is 2. The van der Waals surface area contributed by atoms with Crippen LogP contribution in [0.2, 0.25) is 5.02 Å². The van der Waals surface area contributed by atoms with Crippen LogP contribution < -0.4 is 5.32 Å². The van der Waals surface area contributed by atoms with Gasteiger partial charge >= 0.3 is 0 Å². The highest BCUT2D eigenvalue weighted by Crippen LogP contribution is 2.25. The number of aromatic nitrogens is 2. The predicted octanol–water partition coefficient (Wildman–Crippen LogP) is 2.96. The topological polar surface area (TPSA) is 51.0 Å². The summed E-state index contributed by atoms with van der Waals surface area (Å²) in [5.41, 5.74) is 0.818. The normalized spacial score (nSPS) is 18.3. The van der Waals surface area contributed by atoms with Gasteiger partial charge in [0.2, 0.25) is 11.7 Å². The van der Waals surface area contributed by atoms with Crippen LogP contribution in [0.25, 0.3) is 11.4 Å². The van der Waals surface area contributed by atoms with E-state index in [1.54, 1.807) is 0 Å². The Labute approximate surface area is 122 Å². The Morgan fingerprint density at radius 2 is 2.21 bits per heavy atom. The fourth-order valence-corrected chi connectivity index (χ4v) is 2.45. The van der Waals surface area contributed by atoms with Gasteiger partial charge in [-0.2, -0.15) is 4.98 Å². The van der Waals surface area contributed by atoms with Crippen LogP contribution in [0, 0.1) is 5.92 Å². The molecule has 1 N–H and O–H groups in total. The largest absolute Gasteiger partial charge is 0.339 e. The first-order valence-electron chi connectivity index (χ1n) is 6.11. The lowest BCUT2D eigenvalue weighted by Crippen LogP contribution is -2.10. The van der Waals surface area contributed by atoms with Crippen LogP contribution in [0.3, 0.4) is 0 Å². The molecule has 0 aliphatic carbocycles. The Kier molecular flexibility index (Phi) is 4.80. The van der Waals surface area contributed by atoms with Crippen LogP contribution in [-0.2, 0) is 6.42 Å². The van der Waals surface area contributed by atoms with Crippen LogP contribution in [0.15, 0.2) is 28.8 Å². The van der Waals surface area contributed by atoms with Crippen LogP contribution in [0.5, 0.6) is 0 Å². The third kappa shape index (κ3) is 3.26. The molecule has 1 fully saturated rings. The monoisotopic (exact) mass is 299 g/mol. The Bertz CT molecular complexity index is 538. The zero-order valence-corrected chi connectivity index (χ0v) is 11.9. The van der Waals surface area contributed by atoms with E-state index in [1.165, 1.54) is 6.42 Å². The second-order valence-electron chi connectivity index (χ2n) is 4.55. The van der Waals surface area contributed by atoms with Gasteiger partial charge in [-0.15, -0.1) is 12.4 Å². The lowest BCUT2D eigenvalue weighted by molar-refractivity contribution is 0.358. The van der Waals surface area contributed by atoms with Crippen molar-refractivity contribution < 1.29 is 4.52 Å². The molecule has 1 aromatic carbocycles. The number of hydrogen-bond donors (Lipinski definition) is 1. The first kappa shape index (κ1) is 14.3. The summed E-state index contributed by atoms with van der Waals surface area (Å²) in [4.78, 5) is 4.41. The second kappa shape index (κ2) is 6.37. The van der Waals surface area contributed by atoms with E-state index in [1.807, 2.05) is 24.3 Å². The molecule has 1 aliphatic rings. The zero-order chi connectivity index (χ0) is 12.4. The highest BCUT2D eigenvalue weighted by Gasteiger charge is 2.19. The molecule has 2 aromatic rings. The van der Waals surface area contributed by atoms with Crippen LogP contribution >= 0.6 is 24.0 Å². The molecule has 0 radical (unpaired) electrons. The van der Waals surface area contributed by atoms with E-state index in [9.17, 15) is 0 Å². The van der Waals surface area contributed by atoms with Gasteiger partial charge in [0.25, 0.3) is 0 Å². The van der Waals surface area contributed by atoms with Gasteiger partial charge in [0.05, 0.1) is 5.02 Å². The van der Waals surface area contributed by atoms with Crippen LogP contribution in [0.4, 0.5) is 0 Å². The van der Waals surface area contributed by atoms with Gasteiger partial charge in [0.1, 0.15) is 0 Å². The molecule has 0 amide bonds. The van der Waals surface area contributed by atoms with Crippen molar-refractivity contribution in [3.05, 3.63) is 35.2 Å². The third-order valence-corrected chi connectivity index (χ3v) is 3.54. The van der Waals surface area contributed by atoms with Gasteiger partial charge in [-0.1, -0.05) is 28.9 Å². The highest BCUT2D eigenvalue weighted by atomic mass is 35.5. The fourth-order valence-electron chi connectivity index (χ4n) is 2.23. The van der Waals surface area contributed by atoms with Gasteiger partial charge in [-0.05, 0) is 37.6 Å². The molecule has 0 saturated carbocycles. The van der Waals surface area contributed by atoms with E-state index in [-0.39, 0.29) is 12.4 Å². The number of rotatable bonds is 3. The van der Waals surface area contributed by atoms with Crippen LogP contribution in [-0.4, -0.2) is 23.2 Å². The summed E-state index contributed by atoms with van der Waals surface area (Å²) in [6.07, 6.45) is 2.01. The van der Waals surface area contributed by atoms with Crippen molar-refractivity contribution in [2.24, 2.45) is 5.92 Å². The molecule has 2 heterocycles. The molecule has 1 aliphatic heterocycles. The molecule has 1 aromatic heterocycles. The fraction of sp³-hybridized carbons (Fsp3) is 0.385. The molecule has 0 bridgehead atoms. The van der Waals surface area contributed by atoms with Crippen molar-refractivity contribution in [3.63, 3.8) is 0 Å². The van der Waals surface area contributed by atoms with Gasteiger partial charge < -0.3 is 9.84 Å². The average molecular weight is 300 g/mol. The Hall–Kier alpha value is -1.10. The Morgan fingerprint density at radius 3 is 2.95 bits per heavy atom. The molecule has 1 atom stereocenters. The maximum atomic E-state index is 6.11. The molecule has 102 valence electrons. The average Bonchev–Trinajstić information content (AvgIpc) is 3.02. The van der Waals surface area contributed by atoms with E-state index >= 15 is 0 Å². The third-order valence-electron chi connectivity index (χ3n) is 3.21. The summed E-state index contributed by atoms with van der Waals surface area (Å²) >= 11 is 6.11. The maximum Gasteiger partial charge on any atom is 0.227 e. The smallest absolute Gasteiger partial charge is 0.227 e. The van der Waals surface area contributed by atoms with Gasteiger partial charge in [0, 0.05) is 12.0 Å². The molecule has 4 nitrogen and oxygen atoms in total. The SMILES string of the molecule is Cl.Clc1ccccc1-c1noc(CC2CCNC2)n1. The zero-order valence-electron chi connectivity index (χ0n) is 10.3. The first-order valence-corrected chi connectivity index (χ1v) is 6.49. The van der Waals surface area contributed by atoms with Crippen molar-refractivity contribution in [1.29, 1.82) is 0 Å². The molecular formula is C13H15Cl2N3O. The molecular weight excluding hydrogens is 285 g/mol. The summed E-state index contributed by atoms with van der Waals surface area (Å²) in [6, 6.07) is 7.52. The van der Waals surface area contributed by atoms with Crippen LogP contribution in [0.1, 0.15) is 12.3 Å². The van der Waals surface area contributed by atoms with E-state index in [0.717, 1.165) is 25.1 Å². The standard InChI is InChI=1S/C13H14ClN3O.ClH/c14-11-4-2-1-3-10(11)13-16-12(18-17-13)7-9-5-6-15-8-9;/h1-4,9,15H,5-8H2;1H.